The summed E-state index contributed by atoms with van der Waals surface area (Å²) in [6.07, 6.45) is 7.21. The third-order valence-electron chi connectivity index (χ3n) is 6.85. The highest BCUT2D eigenvalue weighted by molar-refractivity contribution is 5.80. The normalized spacial score (nSPS) is 25.1. The average molecular weight is 411 g/mol. The van der Waals surface area contributed by atoms with Gasteiger partial charge in [0.1, 0.15) is 17.2 Å². The number of anilines is 1. The fourth-order valence-corrected chi connectivity index (χ4v) is 5.18. The SMILES string of the molecule is O=CN1CCCC(c2nc3ccc(N4CCCC(C(=O)N5CCCC5)C4)nc3[nH]2)C1. The van der Waals surface area contributed by atoms with Crippen LogP contribution in [0.4, 0.5) is 5.82 Å². The van der Waals surface area contributed by atoms with Gasteiger partial charge < -0.3 is 19.7 Å². The maximum atomic E-state index is 12.9. The first-order valence-corrected chi connectivity index (χ1v) is 11.3. The molecule has 1 N–H and O–H groups in total. The highest BCUT2D eigenvalue weighted by Crippen LogP contribution is 2.28. The van der Waals surface area contributed by atoms with Crippen molar-refractivity contribution in [2.75, 3.05) is 44.2 Å². The Morgan fingerprint density at radius 1 is 1.00 bits per heavy atom. The van der Waals surface area contributed by atoms with Crippen LogP contribution < -0.4 is 4.90 Å². The van der Waals surface area contributed by atoms with Crippen molar-refractivity contribution in [3.8, 4) is 0 Å². The Morgan fingerprint density at radius 2 is 1.83 bits per heavy atom. The molecule has 0 saturated carbocycles. The molecule has 0 aromatic carbocycles. The van der Waals surface area contributed by atoms with Crippen LogP contribution in [0.25, 0.3) is 11.2 Å². The third-order valence-corrected chi connectivity index (χ3v) is 6.85. The number of likely N-dealkylation sites (tertiary alicyclic amines) is 2. The van der Waals surface area contributed by atoms with Crippen molar-refractivity contribution in [3.05, 3.63) is 18.0 Å². The van der Waals surface area contributed by atoms with E-state index in [4.69, 9.17) is 9.97 Å². The number of hydrogen-bond acceptors (Lipinski definition) is 5. The van der Waals surface area contributed by atoms with Gasteiger partial charge >= 0.3 is 0 Å². The number of carbonyl (C=O) groups excluding carboxylic acids is 2. The number of rotatable bonds is 4. The molecule has 2 atom stereocenters. The molecule has 0 radical (unpaired) electrons. The van der Waals surface area contributed by atoms with Gasteiger partial charge in [0.25, 0.3) is 0 Å². The van der Waals surface area contributed by atoms with E-state index in [1.165, 1.54) is 0 Å². The zero-order valence-corrected chi connectivity index (χ0v) is 17.4. The van der Waals surface area contributed by atoms with Gasteiger partial charge in [-0.15, -0.1) is 0 Å². The third kappa shape index (κ3) is 3.75. The predicted octanol–water partition coefficient (Wildman–Crippen LogP) is 2.13. The first-order valence-electron chi connectivity index (χ1n) is 11.3. The molecular weight excluding hydrogens is 380 g/mol. The van der Waals surface area contributed by atoms with Gasteiger partial charge in [-0.3, -0.25) is 9.59 Å². The first-order chi connectivity index (χ1) is 14.7. The molecule has 2 unspecified atom stereocenters. The van der Waals surface area contributed by atoms with Crippen LogP contribution in [0.15, 0.2) is 12.1 Å². The van der Waals surface area contributed by atoms with Gasteiger partial charge in [-0.2, -0.15) is 0 Å². The van der Waals surface area contributed by atoms with Crippen molar-refractivity contribution in [2.45, 2.75) is 44.4 Å². The van der Waals surface area contributed by atoms with Crippen molar-refractivity contribution >= 4 is 29.3 Å². The number of hydrogen-bond donors (Lipinski definition) is 1. The second-order valence-corrected chi connectivity index (χ2v) is 8.92. The smallest absolute Gasteiger partial charge is 0.227 e. The highest BCUT2D eigenvalue weighted by atomic mass is 16.2. The lowest BCUT2D eigenvalue weighted by Crippen LogP contribution is -2.44. The van der Waals surface area contributed by atoms with Gasteiger partial charge in [-0.25, -0.2) is 9.97 Å². The molecular formula is C22H30N6O2. The van der Waals surface area contributed by atoms with E-state index in [1.807, 2.05) is 21.9 Å². The van der Waals surface area contributed by atoms with Crippen molar-refractivity contribution in [2.24, 2.45) is 5.92 Å². The van der Waals surface area contributed by atoms with E-state index >= 15 is 0 Å². The Morgan fingerprint density at radius 3 is 2.67 bits per heavy atom. The fraction of sp³-hybridized carbons (Fsp3) is 0.636. The zero-order chi connectivity index (χ0) is 20.5. The monoisotopic (exact) mass is 410 g/mol. The molecule has 2 aromatic heterocycles. The second-order valence-electron chi connectivity index (χ2n) is 8.92. The quantitative estimate of drug-likeness (QED) is 0.781. The van der Waals surface area contributed by atoms with Crippen molar-refractivity contribution in [1.82, 2.24) is 24.8 Å². The predicted molar refractivity (Wildman–Crippen MR) is 114 cm³/mol. The van der Waals surface area contributed by atoms with E-state index in [-0.39, 0.29) is 11.8 Å². The lowest BCUT2D eigenvalue weighted by atomic mass is 9.96. The van der Waals surface area contributed by atoms with Crippen LogP contribution in [0.2, 0.25) is 0 Å². The minimum atomic E-state index is 0.0724. The number of nitrogens with one attached hydrogen (secondary N) is 1. The number of piperidine rings is 2. The number of nitrogens with zero attached hydrogens (tertiary/aromatic N) is 5. The van der Waals surface area contributed by atoms with E-state index in [0.717, 1.165) is 100 Å². The zero-order valence-electron chi connectivity index (χ0n) is 17.4. The van der Waals surface area contributed by atoms with Gasteiger partial charge in [0.15, 0.2) is 5.65 Å². The number of aromatic amines is 1. The summed E-state index contributed by atoms with van der Waals surface area (Å²) in [5.41, 5.74) is 1.65. The van der Waals surface area contributed by atoms with E-state index in [0.29, 0.717) is 12.5 Å². The number of aromatic nitrogens is 3. The van der Waals surface area contributed by atoms with Crippen LogP contribution >= 0.6 is 0 Å². The minimum absolute atomic E-state index is 0.0724. The van der Waals surface area contributed by atoms with E-state index in [1.54, 1.807) is 0 Å². The molecule has 5 rings (SSSR count). The summed E-state index contributed by atoms with van der Waals surface area (Å²) in [5, 5.41) is 0. The first kappa shape index (κ1) is 19.3. The van der Waals surface area contributed by atoms with Crippen LogP contribution in [-0.4, -0.2) is 76.3 Å². The Hall–Kier alpha value is -2.64. The Labute approximate surface area is 176 Å². The molecule has 8 heteroatoms. The summed E-state index contributed by atoms with van der Waals surface area (Å²) in [6, 6.07) is 4.04. The molecule has 0 bridgehead atoms. The van der Waals surface area contributed by atoms with Crippen LogP contribution in [-0.2, 0) is 9.59 Å². The molecule has 2 amide bonds. The molecule has 3 aliphatic heterocycles. The van der Waals surface area contributed by atoms with Crippen molar-refractivity contribution in [3.63, 3.8) is 0 Å². The molecule has 30 heavy (non-hydrogen) atoms. The van der Waals surface area contributed by atoms with Crippen LogP contribution in [0, 0.1) is 5.92 Å². The molecule has 3 saturated heterocycles. The molecule has 5 heterocycles. The number of amides is 2. The summed E-state index contributed by atoms with van der Waals surface area (Å²) in [4.78, 5) is 43.1. The summed E-state index contributed by atoms with van der Waals surface area (Å²) in [6.45, 7) is 5.04. The fourth-order valence-electron chi connectivity index (χ4n) is 5.18. The minimum Gasteiger partial charge on any atom is -0.356 e. The van der Waals surface area contributed by atoms with E-state index < -0.39 is 0 Å². The topological polar surface area (TPSA) is 85.4 Å². The molecule has 8 nitrogen and oxygen atoms in total. The van der Waals surface area contributed by atoms with Gasteiger partial charge in [0, 0.05) is 45.2 Å². The summed E-state index contributed by atoms with van der Waals surface area (Å²) >= 11 is 0. The standard InChI is InChI=1S/C22H30N6O2/c29-15-26-9-3-5-16(13-26)20-23-18-7-8-19(24-21(18)25-20)28-12-4-6-17(14-28)22(30)27-10-1-2-11-27/h7-8,15-17H,1-6,9-14H2,(H,23,24,25). The summed E-state index contributed by atoms with van der Waals surface area (Å²) in [7, 11) is 0. The number of pyridine rings is 1. The number of fused-ring (bicyclic) bond motifs is 1. The Kier molecular flexibility index (Phi) is 5.31. The van der Waals surface area contributed by atoms with Gasteiger partial charge in [0.05, 0.1) is 5.92 Å². The van der Waals surface area contributed by atoms with E-state index in [9.17, 15) is 9.59 Å². The lowest BCUT2D eigenvalue weighted by Gasteiger charge is -2.34. The van der Waals surface area contributed by atoms with Gasteiger partial charge in [0.2, 0.25) is 12.3 Å². The van der Waals surface area contributed by atoms with E-state index in [2.05, 4.69) is 9.88 Å². The lowest BCUT2D eigenvalue weighted by molar-refractivity contribution is -0.134. The molecule has 0 spiro atoms. The second kappa shape index (κ2) is 8.24. The highest BCUT2D eigenvalue weighted by Gasteiger charge is 2.31. The van der Waals surface area contributed by atoms with Crippen LogP contribution in [0.1, 0.15) is 50.3 Å². The number of imidazole rings is 1. The molecule has 3 fully saturated rings. The number of carbonyl (C=O) groups is 2. The Bertz CT molecular complexity index is 921. The van der Waals surface area contributed by atoms with Gasteiger partial charge in [-0.1, -0.05) is 0 Å². The largest absolute Gasteiger partial charge is 0.356 e. The van der Waals surface area contributed by atoms with Gasteiger partial charge in [-0.05, 0) is 50.7 Å². The summed E-state index contributed by atoms with van der Waals surface area (Å²) < 4.78 is 0. The van der Waals surface area contributed by atoms with Crippen LogP contribution in [0.5, 0.6) is 0 Å². The van der Waals surface area contributed by atoms with Crippen LogP contribution in [0.3, 0.4) is 0 Å². The molecule has 160 valence electrons. The summed E-state index contributed by atoms with van der Waals surface area (Å²) in [5.74, 6) is 2.46. The molecule has 3 aliphatic rings. The maximum Gasteiger partial charge on any atom is 0.227 e. The molecule has 0 aliphatic carbocycles. The number of H-pyrrole nitrogens is 1. The van der Waals surface area contributed by atoms with Crippen molar-refractivity contribution < 1.29 is 9.59 Å². The maximum absolute atomic E-state index is 12.9. The average Bonchev–Trinajstić information content (AvgIpc) is 3.48. The van der Waals surface area contributed by atoms with Crippen molar-refractivity contribution in [1.29, 1.82) is 0 Å². The molecule has 2 aromatic rings. The Balaban J connectivity index is 1.32.